The molecule has 0 bridgehead atoms. The summed E-state index contributed by atoms with van der Waals surface area (Å²) in [6.45, 7) is 24.7. The van der Waals surface area contributed by atoms with Gasteiger partial charge in [-0.1, -0.05) is 13.8 Å². The smallest absolute Gasteiger partial charge is 0.364 e. The molecule has 0 aromatic carbocycles. The van der Waals surface area contributed by atoms with Crippen LogP contribution in [0.4, 0.5) is 0 Å². The van der Waals surface area contributed by atoms with E-state index in [4.69, 9.17) is 32.9 Å². The molecule has 0 aliphatic heterocycles. The third-order valence-electron chi connectivity index (χ3n) is 6.12. The average molecular weight is 482 g/mol. The van der Waals surface area contributed by atoms with Gasteiger partial charge < -0.3 is 32.9 Å². The second-order valence-corrected chi connectivity index (χ2v) is 15.0. The average Bonchev–Trinajstić information content (AvgIpc) is 2.70. The standard InChI is InChI=1S/C22H51NO6Si2/c1-12-20(30(10,24-14-3)25-15-4)28-18(7)22(9,23)19(8)29-21(13-2)31(11,26-16-5)27-17-6/h18-21H,12-17,23H2,1-11H3. The number of ether oxygens (including phenoxy) is 2. The van der Waals surface area contributed by atoms with E-state index in [1.807, 2.05) is 48.5 Å². The molecule has 188 valence electrons. The van der Waals surface area contributed by atoms with Crippen molar-refractivity contribution in [3.63, 3.8) is 0 Å². The fourth-order valence-electron chi connectivity index (χ4n) is 3.90. The van der Waals surface area contributed by atoms with Crippen molar-refractivity contribution < 1.29 is 27.2 Å². The van der Waals surface area contributed by atoms with Crippen molar-refractivity contribution in [2.24, 2.45) is 5.73 Å². The lowest BCUT2D eigenvalue weighted by molar-refractivity contribution is -0.0950. The highest BCUT2D eigenvalue weighted by Gasteiger charge is 2.47. The molecule has 4 unspecified atom stereocenters. The summed E-state index contributed by atoms with van der Waals surface area (Å²) in [6, 6.07) is 0. The van der Waals surface area contributed by atoms with Crippen LogP contribution in [0.3, 0.4) is 0 Å². The summed E-state index contributed by atoms with van der Waals surface area (Å²) < 4.78 is 37.3. The molecule has 0 spiro atoms. The van der Waals surface area contributed by atoms with E-state index >= 15 is 0 Å². The van der Waals surface area contributed by atoms with Crippen LogP contribution in [0.15, 0.2) is 0 Å². The SMILES string of the molecule is CCO[Si](C)(OCC)C(CC)OC(C)C(C)(N)C(C)OC(CC)[Si](C)(OCC)OCC. The molecule has 0 fully saturated rings. The molecule has 0 aliphatic rings. The molecule has 0 aliphatic carbocycles. The van der Waals surface area contributed by atoms with Crippen molar-refractivity contribution in [3.8, 4) is 0 Å². The summed E-state index contributed by atoms with van der Waals surface area (Å²) in [5.41, 5.74) is 5.85. The van der Waals surface area contributed by atoms with E-state index in [-0.39, 0.29) is 23.7 Å². The van der Waals surface area contributed by atoms with Gasteiger partial charge in [0.05, 0.1) is 17.7 Å². The first-order valence-electron chi connectivity index (χ1n) is 12.1. The van der Waals surface area contributed by atoms with Gasteiger partial charge in [-0.15, -0.1) is 0 Å². The summed E-state index contributed by atoms with van der Waals surface area (Å²) in [5.74, 6) is 0. The Labute approximate surface area is 194 Å². The lowest BCUT2D eigenvalue weighted by Crippen LogP contribution is -2.63. The Hall–Kier alpha value is 0.154. The molecule has 0 saturated heterocycles. The predicted octanol–water partition coefficient (Wildman–Crippen LogP) is 4.44. The molecule has 2 N–H and O–H groups in total. The van der Waals surface area contributed by atoms with Crippen LogP contribution in [-0.4, -0.2) is 72.8 Å². The van der Waals surface area contributed by atoms with Crippen molar-refractivity contribution in [1.82, 2.24) is 0 Å². The molecule has 7 nitrogen and oxygen atoms in total. The van der Waals surface area contributed by atoms with Crippen LogP contribution in [0.5, 0.6) is 0 Å². The number of nitrogens with two attached hydrogens (primary N) is 1. The minimum absolute atomic E-state index is 0.120. The summed E-state index contributed by atoms with van der Waals surface area (Å²) in [5, 5.41) is 0. The molecule has 0 amide bonds. The Morgan fingerprint density at radius 3 is 1.10 bits per heavy atom. The zero-order valence-electron chi connectivity index (χ0n) is 22.1. The molecule has 31 heavy (non-hydrogen) atoms. The van der Waals surface area contributed by atoms with Crippen molar-refractivity contribution in [2.45, 2.75) is 117 Å². The van der Waals surface area contributed by atoms with Gasteiger partial charge in [-0.25, -0.2) is 0 Å². The molecule has 0 radical (unpaired) electrons. The molecular weight excluding hydrogens is 430 g/mol. The highest BCUT2D eigenvalue weighted by Crippen LogP contribution is 2.28. The first-order valence-corrected chi connectivity index (χ1v) is 16.9. The third-order valence-corrected chi connectivity index (χ3v) is 13.0. The number of hydrogen-bond donors (Lipinski definition) is 1. The van der Waals surface area contributed by atoms with Crippen LogP contribution in [-0.2, 0) is 27.2 Å². The van der Waals surface area contributed by atoms with Gasteiger partial charge in [-0.3, -0.25) is 0 Å². The fraction of sp³-hybridized carbons (Fsp3) is 1.00. The van der Waals surface area contributed by atoms with Crippen LogP contribution in [0, 0.1) is 0 Å². The molecule has 0 aromatic heterocycles. The molecule has 4 atom stereocenters. The van der Waals surface area contributed by atoms with Gasteiger partial charge in [-0.05, 0) is 74.4 Å². The van der Waals surface area contributed by atoms with Crippen molar-refractivity contribution in [3.05, 3.63) is 0 Å². The summed E-state index contributed by atoms with van der Waals surface area (Å²) in [6.07, 6.45) is 1.08. The second-order valence-electron chi connectivity index (χ2n) is 8.48. The predicted molar refractivity (Wildman–Crippen MR) is 132 cm³/mol. The highest BCUT2D eigenvalue weighted by molar-refractivity contribution is 6.67. The van der Waals surface area contributed by atoms with Gasteiger partial charge in [0.2, 0.25) is 0 Å². The zero-order chi connectivity index (χ0) is 24.3. The minimum atomic E-state index is -2.50. The summed E-state index contributed by atoms with van der Waals surface area (Å²) >= 11 is 0. The van der Waals surface area contributed by atoms with Crippen molar-refractivity contribution >= 4 is 17.1 Å². The molecule has 0 heterocycles. The Balaban J connectivity index is 5.48. The van der Waals surface area contributed by atoms with E-state index in [1.54, 1.807) is 0 Å². The Kier molecular flexibility index (Phi) is 14.5. The van der Waals surface area contributed by atoms with Crippen LogP contribution in [0.2, 0.25) is 13.1 Å². The maximum absolute atomic E-state index is 6.81. The van der Waals surface area contributed by atoms with Crippen molar-refractivity contribution in [2.75, 3.05) is 26.4 Å². The van der Waals surface area contributed by atoms with Gasteiger partial charge in [0.15, 0.2) is 0 Å². The maximum Gasteiger partial charge on any atom is 0.364 e. The van der Waals surface area contributed by atoms with Gasteiger partial charge in [0.25, 0.3) is 0 Å². The zero-order valence-corrected chi connectivity index (χ0v) is 24.1. The second kappa shape index (κ2) is 14.4. The van der Waals surface area contributed by atoms with Gasteiger partial charge in [-0.2, -0.15) is 0 Å². The van der Waals surface area contributed by atoms with E-state index in [0.29, 0.717) is 26.4 Å². The van der Waals surface area contributed by atoms with Crippen LogP contribution >= 0.6 is 0 Å². The van der Waals surface area contributed by atoms with Gasteiger partial charge in [0, 0.05) is 26.4 Å². The highest BCUT2D eigenvalue weighted by atomic mass is 28.4. The minimum Gasteiger partial charge on any atom is -0.393 e. The monoisotopic (exact) mass is 481 g/mol. The normalized spacial score (nSPS) is 19.0. The Bertz CT molecular complexity index is 431. The van der Waals surface area contributed by atoms with E-state index in [0.717, 1.165) is 12.8 Å². The summed E-state index contributed by atoms with van der Waals surface area (Å²) in [7, 11) is -4.99. The van der Waals surface area contributed by atoms with Crippen LogP contribution in [0.1, 0.15) is 75.2 Å². The summed E-state index contributed by atoms with van der Waals surface area (Å²) in [4.78, 5) is 0. The fourth-order valence-corrected chi connectivity index (χ4v) is 9.49. The largest absolute Gasteiger partial charge is 0.393 e. The maximum atomic E-state index is 6.81. The Morgan fingerprint density at radius 2 is 0.903 bits per heavy atom. The lowest BCUT2D eigenvalue weighted by atomic mass is 9.91. The first-order chi connectivity index (χ1) is 14.4. The van der Waals surface area contributed by atoms with E-state index in [1.165, 1.54) is 0 Å². The molecule has 9 heteroatoms. The number of hydrogen-bond acceptors (Lipinski definition) is 7. The van der Waals surface area contributed by atoms with Crippen LogP contribution < -0.4 is 5.73 Å². The van der Waals surface area contributed by atoms with E-state index in [9.17, 15) is 0 Å². The first kappa shape index (κ1) is 31.2. The van der Waals surface area contributed by atoms with Crippen molar-refractivity contribution in [1.29, 1.82) is 0 Å². The molecular formula is C22H51NO6Si2. The van der Waals surface area contributed by atoms with Crippen LogP contribution in [0.25, 0.3) is 0 Å². The van der Waals surface area contributed by atoms with Gasteiger partial charge >= 0.3 is 17.1 Å². The topological polar surface area (TPSA) is 81.4 Å². The quantitative estimate of drug-likeness (QED) is 0.290. The van der Waals surface area contributed by atoms with Gasteiger partial charge in [0.1, 0.15) is 11.5 Å². The number of rotatable bonds is 18. The third kappa shape index (κ3) is 8.79. The molecule has 0 aromatic rings. The lowest BCUT2D eigenvalue weighted by Gasteiger charge is -2.43. The molecule has 0 rings (SSSR count). The molecule has 0 saturated carbocycles. The Morgan fingerprint density at radius 1 is 0.645 bits per heavy atom. The van der Waals surface area contributed by atoms with E-state index < -0.39 is 22.7 Å². The van der Waals surface area contributed by atoms with E-state index in [2.05, 4.69) is 26.9 Å².